The van der Waals surface area contributed by atoms with Gasteiger partial charge in [-0.1, -0.05) is 12.7 Å². The molecule has 74 valence electrons. The van der Waals surface area contributed by atoms with Crippen molar-refractivity contribution in [3.8, 4) is 0 Å². The van der Waals surface area contributed by atoms with Crippen molar-refractivity contribution in [1.29, 1.82) is 0 Å². The minimum Gasteiger partial charge on any atom is -0.466 e. The van der Waals surface area contributed by atoms with Crippen LogP contribution in [0.5, 0.6) is 0 Å². The van der Waals surface area contributed by atoms with Crippen molar-refractivity contribution >= 4 is 5.97 Å². The number of hydrogen-bond donors (Lipinski definition) is 1. The van der Waals surface area contributed by atoms with Crippen LogP contribution in [0.25, 0.3) is 0 Å². The molecule has 0 aromatic carbocycles. The maximum absolute atomic E-state index is 10.9. The van der Waals surface area contributed by atoms with Crippen LogP contribution < -0.4 is 0 Å². The average molecular weight is 184 g/mol. The Morgan fingerprint density at radius 2 is 2.31 bits per heavy atom. The lowest BCUT2D eigenvalue weighted by molar-refractivity contribution is -0.137. The molecule has 0 aromatic heterocycles. The molecule has 3 heteroatoms. The molecule has 0 fully saturated rings. The van der Waals surface area contributed by atoms with Crippen LogP contribution in [-0.4, -0.2) is 24.3 Å². The van der Waals surface area contributed by atoms with Crippen LogP contribution in [0.15, 0.2) is 24.8 Å². The van der Waals surface area contributed by atoms with Gasteiger partial charge in [-0.2, -0.15) is 0 Å². The van der Waals surface area contributed by atoms with E-state index in [1.54, 1.807) is 6.08 Å². The number of ether oxygens (including phenoxy) is 1. The van der Waals surface area contributed by atoms with Crippen molar-refractivity contribution in [3.63, 3.8) is 0 Å². The average Bonchev–Trinajstić information content (AvgIpc) is 2.15. The summed E-state index contributed by atoms with van der Waals surface area (Å²) >= 11 is 0. The molecule has 0 amide bonds. The summed E-state index contributed by atoms with van der Waals surface area (Å²) in [5.41, 5.74) is 0.117. The van der Waals surface area contributed by atoms with Gasteiger partial charge in [0, 0.05) is 0 Å². The van der Waals surface area contributed by atoms with Crippen LogP contribution in [0.4, 0.5) is 0 Å². The predicted molar refractivity (Wildman–Crippen MR) is 51.2 cm³/mol. The third-order valence-corrected chi connectivity index (χ3v) is 1.74. The van der Waals surface area contributed by atoms with Gasteiger partial charge in [0.2, 0.25) is 0 Å². The van der Waals surface area contributed by atoms with Crippen molar-refractivity contribution in [2.45, 2.75) is 25.4 Å². The van der Waals surface area contributed by atoms with Crippen LogP contribution >= 0.6 is 0 Å². The van der Waals surface area contributed by atoms with E-state index in [4.69, 9.17) is 0 Å². The molecule has 1 N–H and O–H groups in total. The zero-order valence-corrected chi connectivity index (χ0v) is 7.95. The molecule has 0 aliphatic carbocycles. The topological polar surface area (TPSA) is 46.5 Å². The van der Waals surface area contributed by atoms with Gasteiger partial charge in [-0.05, 0) is 19.3 Å². The molecule has 0 unspecified atom stereocenters. The molecule has 0 heterocycles. The second kappa shape index (κ2) is 6.43. The lowest BCUT2D eigenvalue weighted by Gasteiger charge is -2.10. The molecular weight excluding hydrogens is 168 g/mol. The van der Waals surface area contributed by atoms with E-state index in [0.717, 1.165) is 12.8 Å². The van der Waals surface area contributed by atoms with E-state index >= 15 is 0 Å². The summed E-state index contributed by atoms with van der Waals surface area (Å²) in [7, 11) is 1.27. The fourth-order valence-corrected chi connectivity index (χ4v) is 0.897. The number of carbonyl (C=O) groups excluding carboxylic acids is 1. The van der Waals surface area contributed by atoms with Gasteiger partial charge in [0.05, 0.1) is 18.8 Å². The Balaban J connectivity index is 3.82. The van der Waals surface area contributed by atoms with E-state index in [-0.39, 0.29) is 5.57 Å². The number of methoxy groups -OCH3 is 1. The lowest BCUT2D eigenvalue weighted by Crippen LogP contribution is -2.18. The van der Waals surface area contributed by atoms with Crippen LogP contribution in [0, 0.1) is 0 Å². The minimum atomic E-state index is -0.799. The van der Waals surface area contributed by atoms with Gasteiger partial charge in [0.1, 0.15) is 0 Å². The molecule has 0 saturated heterocycles. The first-order chi connectivity index (χ1) is 6.13. The first kappa shape index (κ1) is 11.9. The molecule has 0 spiro atoms. The summed E-state index contributed by atoms with van der Waals surface area (Å²) in [5.74, 6) is -0.550. The number of allylic oxidation sites excluding steroid dienone is 1. The maximum atomic E-state index is 10.9. The molecule has 0 aromatic rings. The van der Waals surface area contributed by atoms with E-state index in [0.29, 0.717) is 6.42 Å². The van der Waals surface area contributed by atoms with Crippen LogP contribution in [0.1, 0.15) is 19.3 Å². The summed E-state index contributed by atoms with van der Waals surface area (Å²) in [6.45, 7) is 7.01. The largest absolute Gasteiger partial charge is 0.466 e. The Labute approximate surface area is 78.7 Å². The van der Waals surface area contributed by atoms with Gasteiger partial charge in [0.25, 0.3) is 0 Å². The molecule has 3 nitrogen and oxygen atoms in total. The van der Waals surface area contributed by atoms with Gasteiger partial charge in [-0.25, -0.2) is 4.79 Å². The Hall–Kier alpha value is -1.09. The van der Waals surface area contributed by atoms with E-state index in [2.05, 4.69) is 17.9 Å². The van der Waals surface area contributed by atoms with E-state index in [1.807, 2.05) is 0 Å². The summed E-state index contributed by atoms with van der Waals surface area (Å²) < 4.78 is 4.42. The smallest absolute Gasteiger partial charge is 0.335 e. The van der Waals surface area contributed by atoms with Crippen molar-refractivity contribution in [1.82, 2.24) is 0 Å². The van der Waals surface area contributed by atoms with Gasteiger partial charge < -0.3 is 9.84 Å². The fourth-order valence-electron chi connectivity index (χ4n) is 0.897. The molecule has 13 heavy (non-hydrogen) atoms. The highest BCUT2D eigenvalue weighted by atomic mass is 16.5. The van der Waals surface area contributed by atoms with Crippen molar-refractivity contribution in [2.24, 2.45) is 0 Å². The Bertz CT molecular complexity index is 196. The van der Waals surface area contributed by atoms with Gasteiger partial charge >= 0.3 is 5.97 Å². The number of rotatable bonds is 6. The Morgan fingerprint density at radius 3 is 2.77 bits per heavy atom. The first-order valence-corrected chi connectivity index (χ1v) is 4.19. The molecule has 0 saturated carbocycles. The molecule has 0 aliphatic rings. The van der Waals surface area contributed by atoms with Crippen LogP contribution in [0.3, 0.4) is 0 Å². The van der Waals surface area contributed by atoms with Crippen molar-refractivity contribution < 1.29 is 14.6 Å². The normalized spacial score (nSPS) is 11.8. The van der Waals surface area contributed by atoms with Gasteiger partial charge in [-0.15, -0.1) is 6.58 Å². The number of unbranched alkanes of at least 4 members (excludes halogenated alkanes) is 1. The lowest BCUT2D eigenvalue weighted by atomic mass is 10.1. The Morgan fingerprint density at radius 1 is 1.69 bits per heavy atom. The third kappa shape index (κ3) is 4.48. The van der Waals surface area contributed by atoms with Gasteiger partial charge in [0.15, 0.2) is 0 Å². The van der Waals surface area contributed by atoms with E-state index in [9.17, 15) is 9.90 Å². The molecule has 1 atom stereocenters. The summed E-state index contributed by atoms with van der Waals surface area (Å²) in [5, 5.41) is 9.41. The summed E-state index contributed by atoms with van der Waals surface area (Å²) in [4.78, 5) is 10.9. The van der Waals surface area contributed by atoms with Crippen LogP contribution in [-0.2, 0) is 9.53 Å². The zero-order valence-electron chi connectivity index (χ0n) is 7.95. The number of carbonyl (C=O) groups is 1. The molecule has 0 bridgehead atoms. The van der Waals surface area contributed by atoms with Crippen molar-refractivity contribution in [3.05, 3.63) is 24.8 Å². The summed E-state index contributed by atoms with van der Waals surface area (Å²) in [6, 6.07) is 0. The number of esters is 1. The second-order valence-electron chi connectivity index (χ2n) is 2.75. The van der Waals surface area contributed by atoms with Crippen molar-refractivity contribution in [2.75, 3.05) is 7.11 Å². The molecular formula is C10H16O3. The van der Waals surface area contributed by atoms with E-state index in [1.165, 1.54) is 7.11 Å². The highest BCUT2D eigenvalue weighted by Gasteiger charge is 2.15. The highest BCUT2D eigenvalue weighted by molar-refractivity contribution is 5.88. The third-order valence-electron chi connectivity index (χ3n) is 1.74. The number of aliphatic hydroxyl groups is 1. The number of hydrogen-bond acceptors (Lipinski definition) is 3. The van der Waals surface area contributed by atoms with Crippen LogP contribution in [0.2, 0.25) is 0 Å². The monoisotopic (exact) mass is 184 g/mol. The SMILES string of the molecule is C=CCCC[C@H](O)C(=C)C(=O)OC. The maximum Gasteiger partial charge on any atom is 0.335 e. The Kier molecular flexibility index (Phi) is 5.89. The standard InChI is InChI=1S/C10H16O3/c1-4-5-6-7-9(11)8(2)10(12)13-3/h4,9,11H,1-2,5-7H2,3H3/t9-/m0/s1. The summed E-state index contributed by atoms with van der Waals surface area (Å²) in [6.07, 6.45) is 3.10. The van der Waals surface area contributed by atoms with Gasteiger partial charge in [-0.3, -0.25) is 0 Å². The zero-order chi connectivity index (χ0) is 10.3. The second-order valence-corrected chi connectivity index (χ2v) is 2.75. The fraction of sp³-hybridized carbons (Fsp3) is 0.500. The molecule has 0 radical (unpaired) electrons. The predicted octanol–water partition coefficient (Wildman–Crippen LogP) is 1.43. The highest BCUT2D eigenvalue weighted by Crippen LogP contribution is 2.09. The first-order valence-electron chi connectivity index (χ1n) is 4.19. The molecule has 0 aliphatic heterocycles. The van der Waals surface area contributed by atoms with E-state index < -0.39 is 12.1 Å². The molecule has 0 rings (SSSR count). The quantitative estimate of drug-likeness (QED) is 0.294. The minimum absolute atomic E-state index is 0.117. The number of aliphatic hydroxyl groups excluding tert-OH is 1.